The first kappa shape index (κ1) is 10.4. The molecule has 1 unspecified atom stereocenters. The minimum Gasteiger partial charge on any atom is -0.306 e. The fourth-order valence-corrected chi connectivity index (χ4v) is 2.27. The van der Waals surface area contributed by atoms with Crippen LogP contribution in [0, 0.1) is 5.92 Å². The Labute approximate surface area is 98.4 Å². The number of nitrogens with two attached hydrogens (primary N) is 1. The van der Waals surface area contributed by atoms with Gasteiger partial charge in [-0.2, -0.15) is 0 Å². The fraction of sp³-hybridized carbons (Fsp3) is 0.600. The van der Waals surface area contributed by atoms with Gasteiger partial charge in [0.2, 0.25) is 0 Å². The lowest BCUT2D eigenvalue weighted by Crippen LogP contribution is -2.24. The lowest BCUT2D eigenvalue weighted by atomic mass is 9.80. The van der Waals surface area contributed by atoms with Gasteiger partial charge in [0.05, 0.1) is 6.04 Å². The van der Waals surface area contributed by atoms with E-state index in [1.807, 2.05) is 4.68 Å². The summed E-state index contributed by atoms with van der Waals surface area (Å²) in [5.74, 6) is 6.58. The highest BCUT2D eigenvalue weighted by molar-refractivity contribution is 5.81. The SMILES string of the molecule is CC(C1CCC1)n1nnc2c(NN)ncnc21. The Morgan fingerprint density at radius 2 is 2.29 bits per heavy atom. The predicted molar refractivity (Wildman–Crippen MR) is 63.0 cm³/mol. The Morgan fingerprint density at radius 3 is 2.94 bits per heavy atom. The van der Waals surface area contributed by atoms with Crippen LogP contribution >= 0.6 is 0 Å². The number of nitrogen functional groups attached to an aromatic ring is 1. The van der Waals surface area contributed by atoms with Crippen molar-refractivity contribution in [2.75, 3.05) is 5.43 Å². The van der Waals surface area contributed by atoms with Gasteiger partial charge in [0.1, 0.15) is 6.33 Å². The largest absolute Gasteiger partial charge is 0.306 e. The molecule has 1 atom stereocenters. The van der Waals surface area contributed by atoms with Gasteiger partial charge in [-0.1, -0.05) is 11.6 Å². The van der Waals surface area contributed by atoms with E-state index in [1.54, 1.807) is 0 Å². The number of hydrogen-bond donors (Lipinski definition) is 2. The Kier molecular flexibility index (Phi) is 2.40. The van der Waals surface area contributed by atoms with Crippen LogP contribution in [0.5, 0.6) is 0 Å². The van der Waals surface area contributed by atoms with Gasteiger partial charge < -0.3 is 5.43 Å². The number of hydrazine groups is 1. The van der Waals surface area contributed by atoms with Crippen LogP contribution in [0.4, 0.5) is 5.82 Å². The van der Waals surface area contributed by atoms with Crippen molar-refractivity contribution in [2.45, 2.75) is 32.2 Å². The van der Waals surface area contributed by atoms with E-state index in [0.717, 1.165) is 5.65 Å². The van der Waals surface area contributed by atoms with Gasteiger partial charge in [-0.25, -0.2) is 20.5 Å². The van der Waals surface area contributed by atoms with Crippen molar-refractivity contribution in [1.82, 2.24) is 25.0 Å². The van der Waals surface area contributed by atoms with Crippen LogP contribution in [-0.4, -0.2) is 25.0 Å². The lowest BCUT2D eigenvalue weighted by Gasteiger charge is -2.31. The summed E-state index contributed by atoms with van der Waals surface area (Å²) in [6.45, 7) is 2.16. The zero-order valence-electron chi connectivity index (χ0n) is 9.67. The first-order chi connectivity index (χ1) is 8.31. The van der Waals surface area contributed by atoms with E-state index in [9.17, 15) is 0 Å². The molecule has 90 valence electrons. The molecule has 2 heterocycles. The number of anilines is 1. The molecule has 7 heteroatoms. The standard InChI is InChI=1S/C10H15N7/c1-6(7-3-2-4-7)17-10-8(15-16-17)9(14-11)12-5-13-10/h5-7H,2-4,11H2,1H3,(H,12,13,14). The Hall–Kier alpha value is -1.76. The molecule has 17 heavy (non-hydrogen) atoms. The van der Waals surface area contributed by atoms with Crippen molar-refractivity contribution in [3.8, 4) is 0 Å². The van der Waals surface area contributed by atoms with Crippen molar-refractivity contribution in [1.29, 1.82) is 0 Å². The highest BCUT2D eigenvalue weighted by Crippen LogP contribution is 2.36. The van der Waals surface area contributed by atoms with E-state index in [0.29, 0.717) is 23.3 Å². The minimum absolute atomic E-state index is 0.328. The quantitative estimate of drug-likeness (QED) is 0.603. The molecule has 0 aliphatic heterocycles. The molecule has 0 saturated heterocycles. The number of aromatic nitrogens is 5. The second-order valence-corrected chi connectivity index (χ2v) is 4.50. The molecule has 1 aliphatic rings. The van der Waals surface area contributed by atoms with E-state index in [2.05, 4.69) is 32.6 Å². The number of nitrogens with zero attached hydrogens (tertiary/aromatic N) is 5. The summed E-state index contributed by atoms with van der Waals surface area (Å²) in [6.07, 6.45) is 5.31. The van der Waals surface area contributed by atoms with Gasteiger partial charge in [-0.3, -0.25) is 0 Å². The topological polar surface area (TPSA) is 94.5 Å². The van der Waals surface area contributed by atoms with Crippen LogP contribution < -0.4 is 11.3 Å². The van der Waals surface area contributed by atoms with Crippen molar-refractivity contribution >= 4 is 17.0 Å². The third-order valence-electron chi connectivity index (χ3n) is 3.62. The fourth-order valence-electron chi connectivity index (χ4n) is 2.27. The van der Waals surface area contributed by atoms with Gasteiger partial charge in [-0.05, 0) is 25.7 Å². The molecular weight excluding hydrogens is 218 g/mol. The molecule has 1 fully saturated rings. The summed E-state index contributed by atoms with van der Waals surface area (Å²) in [7, 11) is 0. The number of fused-ring (bicyclic) bond motifs is 1. The summed E-state index contributed by atoms with van der Waals surface area (Å²) in [5.41, 5.74) is 3.88. The molecule has 0 spiro atoms. The smallest absolute Gasteiger partial charge is 0.184 e. The molecule has 1 saturated carbocycles. The van der Waals surface area contributed by atoms with Crippen LogP contribution in [0.15, 0.2) is 6.33 Å². The molecule has 0 radical (unpaired) electrons. The van der Waals surface area contributed by atoms with E-state index < -0.39 is 0 Å². The third kappa shape index (κ3) is 1.54. The van der Waals surface area contributed by atoms with E-state index >= 15 is 0 Å². The Balaban J connectivity index is 2.05. The Morgan fingerprint density at radius 1 is 1.47 bits per heavy atom. The van der Waals surface area contributed by atoms with Crippen LogP contribution in [0.1, 0.15) is 32.2 Å². The van der Waals surface area contributed by atoms with E-state index in [-0.39, 0.29) is 0 Å². The average molecular weight is 233 g/mol. The van der Waals surface area contributed by atoms with Crippen molar-refractivity contribution in [3.63, 3.8) is 0 Å². The van der Waals surface area contributed by atoms with Crippen LogP contribution in [0.25, 0.3) is 11.2 Å². The minimum atomic E-state index is 0.328. The molecule has 7 nitrogen and oxygen atoms in total. The summed E-state index contributed by atoms with van der Waals surface area (Å²) in [4.78, 5) is 8.26. The maximum atomic E-state index is 5.38. The molecule has 3 rings (SSSR count). The average Bonchev–Trinajstić information content (AvgIpc) is 2.69. The Bertz CT molecular complexity index is 530. The van der Waals surface area contributed by atoms with Crippen LogP contribution in [-0.2, 0) is 0 Å². The maximum Gasteiger partial charge on any atom is 0.184 e. The van der Waals surface area contributed by atoms with Gasteiger partial charge in [0, 0.05) is 0 Å². The monoisotopic (exact) mass is 233 g/mol. The molecule has 0 amide bonds. The molecule has 2 aromatic heterocycles. The predicted octanol–water partition coefficient (Wildman–Crippen LogP) is 0.868. The second kappa shape index (κ2) is 3.92. The summed E-state index contributed by atoms with van der Waals surface area (Å²) >= 11 is 0. The molecule has 1 aliphatic carbocycles. The molecule has 2 aromatic rings. The zero-order valence-corrected chi connectivity index (χ0v) is 9.67. The molecular formula is C10H15N7. The number of hydrogen-bond acceptors (Lipinski definition) is 6. The normalized spacial score (nSPS) is 18.0. The van der Waals surface area contributed by atoms with Gasteiger partial charge in [0.15, 0.2) is 17.0 Å². The third-order valence-corrected chi connectivity index (χ3v) is 3.62. The summed E-state index contributed by atoms with van der Waals surface area (Å²) in [6, 6.07) is 0.328. The van der Waals surface area contributed by atoms with Crippen molar-refractivity contribution in [3.05, 3.63) is 6.33 Å². The number of nitrogens with one attached hydrogen (secondary N) is 1. The van der Waals surface area contributed by atoms with Crippen LogP contribution in [0.3, 0.4) is 0 Å². The molecule has 3 N–H and O–H groups in total. The summed E-state index contributed by atoms with van der Waals surface area (Å²) in [5, 5.41) is 8.27. The molecule has 0 aromatic carbocycles. The van der Waals surface area contributed by atoms with Gasteiger partial charge in [0.25, 0.3) is 0 Å². The highest BCUT2D eigenvalue weighted by Gasteiger charge is 2.27. The van der Waals surface area contributed by atoms with E-state index in [4.69, 9.17) is 5.84 Å². The first-order valence-corrected chi connectivity index (χ1v) is 5.83. The highest BCUT2D eigenvalue weighted by atomic mass is 15.5. The van der Waals surface area contributed by atoms with Crippen molar-refractivity contribution in [2.24, 2.45) is 11.8 Å². The van der Waals surface area contributed by atoms with Gasteiger partial charge >= 0.3 is 0 Å². The first-order valence-electron chi connectivity index (χ1n) is 5.83. The maximum absolute atomic E-state index is 5.38. The molecule has 0 bridgehead atoms. The van der Waals surface area contributed by atoms with Crippen LogP contribution in [0.2, 0.25) is 0 Å². The second-order valence-electron chi connectivity index (χ2n) is 4.50. The summed E-state index contributed by atoms with van der Waals surface area (Å²) < 4.78 is 1.88. The zero-order chi connectivity index (χ0) is 11.8. The van der Waals surface area contributed by atoms with Crippen molar-refractivity contribution < 1.29 is 0 Å². The van der Waals surface area contributed by atoms with E-state index in [1.165, 1.54) is 25.6 Å². The van der Waals surface area contributed by atoms with Gasteiger partial charge in [-0.15, -0.1) is 5.10 Å². The lowest BCUT2D eigenvalue weighted by molar-refractivity contribution is 0.212. The number of rotatable bonds is 3.